The van der Waals surface area contributed by atoms with Crippen LogP contribution in [0.5, 0.6) is 5.75 Å². The summed E-state index contributed by atoms with van der Waals surface area (Å²) in [5.74, 6) is -0.627. The number of hydrogen-bond donors (Lipinski definition) is 0. The molecule has 0 aliphatic carbocycles. The van der Waals surface area contributed by atoms with Gasteiger partial charge in [0, 0.05) is 17.2 Å². The predicted octanol–water partition coefficient (Wildman–Crippen LogP) is 3.58. The summed E-state index contributed by atoms with van der Waals surface area (Å²) in [6.45, 7) is 0. The van der Waals surface area contributed by atoms with Crippen molar-refractivity contribution in [3.8, 4) is 5.75 Å². The minimum atomic E-state index is -0.631. The molecule has 3 nitrogen and oxygen atoms in total. The van der Waals surface area contributed by atoms with Crippen LogP contribution in [0.1, 0.15) is 15.9 Å². The zero-order valence-electron chi connectivity index (χ0n) is 10.5. The van der Waals surface area contributed by atoms with Crippen LogP contribution in [0.15, 0.2) is 66.2 Å². The third-order valence-corrected chi connectivity index (χ3v) is 2.70. The van der Waals surface area contributed by atoms with Gasteiger partial charge in [-0.2, -0.15) is 0 Å². The van der Waals surface area contributed by atoms with E-state index in [0.717, 1.165) is 11.6 Å². The van der Waals surface area contributed by atoms with Gasteiger partial charge in [0.1, 0.15) is 5.75 Å². The molecule has 0 unspecified atom stereocenters. The van der Waals surface area contributed by atoms with Crippen molar-refractivity contribution in [3.05, 3.63) is 77.3 Å². The fourth-order valence-electron chi connectivity index (χ4n) is 1.68. The molecule has 100 valence electrons. The maximum atomic E-state index is 12.4. The maximum Gasteiger partial charge on any atom is 0.337 e. The van der Waals surface area contributed by atoms with Crippen LogP contribution in [0.25, 0.3) is 0 Å². The van der Waals surface area contributed by atoms with Crippen molar-refractivity contribution < 1.29 is 14.3 Å². The number of benzene rings is 2. The number of carbonyl (C=O) groups excluding carboxylic acids is 2. The van der Waals surface area contributed by atoms with Gasteiger partial charge in [-0.1, -0.05) is 54.1 Å². The third-order valence-electron chi connectivity index (χ3n) is 2.58. The van der Waals surface area contributed by atoms with Gasteiger partial charge in [-0.3, -0.25) is 4.79 Å². The average molecular weight is 287 g/mol. The molecule has 0 heterocycles. The molecule has 0 spiro atoms. The van der Waals surface area contributed by atoms with E-state index in [-0.39, 0.29) is 11.5 Å². The summed E-state index contributed by atoms with van der Waals surface area (Å²) in [5, 5.41) is 0. The molecule has 0 bridgehead atoms. The summed E-state index contributed by atoms with van der Waals surface area (Å²) in [5.41, 5.74) is 1.92. The fourth-order valence-corrected chi connectivity index (χ4v) is 1.78. The topological polar surface area (TPSA) is 43.4 Å². The Morgan fingerprint density at radius 3 is 2.30 bits per heavy atom. The molecule has 0 atom stereocenters. The van der Waals surface area contributed by atoms with E-state index >= 15 is 0 Å². The van der Waals surface area contributed by atoms with Gasteiger partial charge in [-0.25, -0.2) is 4.79 Å². The van der Waals surface area contributed by atoms with Crippen LogP contribution in [0.3, 0.4) is 0 Å². The minimum absolute atomic E-state index is 0.205. The predicted molar refractivity (Wildman–Crippen MR) is 76.9 cm³/mol. The Morgan fingerprint density at radius 1 is 0.950 bits per heavy atom. The van der Waals surface area contributed by atoms with E-state index in [9.17, 15) is 9.59 Å². The standard InChI is InChI=1S/C16H11ClO3/c17-11-10-15(18)20-14-9-5-4-8-13(14)16(19)12-6-2-1-3-7-12/h1-11H/b11-10+. The van der Waals surface area contributed by atoms with Crippen LogP contribution in [0.4, 0.5) is 0 Å². The number of ether oxygens (including phenoxy) is 1. The average Bonchev–Trinajstić information content (AvgIpc) is 2.48. The number of carbonyl (C=O) groups is 2. The van der Waals surface area contributed by atoms with Crippen LogP contribution in [0, 0.1) is 0 Å². The summed E-state index contributed by atoms with van der Waals surface area (Å²) in [7, 11) is 0. The molecule has 0 aromatic heterocycles. The summed E-state index contributed by atoms with van der Waals surface area (Å²) < 4.78 is 5.10. The highest BCUT2D eigenvalue weighted by Crippen LogP contribution is 2.21. The Bertz CT molecular complexity index is 648. The zero-order chi connectivity index (χ0) is 14.4. The fraction of sp³-hybridized carbons (Fsp3) is 0. The van der Waals surface area contributed by atoms with Crippen molar-refractivity contribution >= 4 is 23.4 Å². The molecule has 0 saturated carbocycles. The number of rotatable bonds is 4. The lowest BCUT2D eigenvalue weighted by Gasteiger charge is -2.07. The van der Waals surface area contributed by atoms with E-state index in [1.54, 1.807) is 48.5 Å². The molecule has 2 aromatic carbocycles. The van der Waals surface area contributed by atoms with Crippen molar-refractivity contribution in [2.24, 2.45) is 0 Å². The second kappa shape index (κ2) is 6.68. The lowest BCUT2D eigenvalue weighted by atomic mass is 10.0. The minimum Gasteiger partial charge on any atom is -0.423 e. The molecular formula is C16H11ClO3. The molecule has 0 N–H and O–H groups in total. The van der Waals surface area contributed by atoms with E-state index in [1.807, 2.05) is 6.07 Å². The van der Waals surface area contributed by atoms with Gasteiger partial charge in [-0.05, 0) is 12.1 Å². The summed E-state index contributed by atoms with van der Waals surface area (Å²) in [6.07, 6.45) is 1.07. The van der Waals surface area contributed by atoms with E-state index in [1.165, 1.54) is 0 Å². The van der Waals surface area contributed by atoms with E-state index in [4.69, 9.17) is 16.3 Å². The van der Waals surface area contributed by atoms with Gasteiger partial charge < -0.3 is 4.74 Å². The molecule has 4 heteroatoms. The van der Waals surface area contributed by atoms with Crippen LogP contribution in [-0.4, -0.2) is 11.8 Å². The summed E-state index contributed by atoms with van der Waals surface area (Å²) >= 11 is 5.31. The lowest BCUT2D eigenvalue weighted by molar-refractivity contribution is -0.128. The molecule has 0 amide bonds. The molecular weight excluding hydrogens is 276 g/mol. The number of para-hydroxylation sites is 1. The first kappa shape index (κ1) is 14.0. The highest BCUT2D eigenvalue weighted by molar-refractivity contribution is 6.26. The largest absolute Gasteiger partial charge is 0.423 e. The number of hydrogen-bond acceptors (Lipinski definition) is 3. The highest BCUT2D eigenvalue weighted by atomic mass is 35.5. The SMILES string of the molecule is O=C(/C=C/Cl)Oc1ccccc1C(=O)c1ccccc1. The highest BCUT2D eigenvalue weighted by Gasteiger charge is 2.15. The first-order valence-corrected chi connectivity index (χ1v) is 6.33. The second-order valence-electron chi connectivity index (χ2n) is 3.91. The summed E-state index contributed by atoms with van der Waals surface area (Å²) in [4.78, 5) is 23.8. The quantitative estimate of drug-likeness (QED) is 0.373. The van der Waals surface area contributed by atoms with Crippen molar-refractivity contribution in [1.29, 1.82) is 0 Å². The van der Waals surface area contributed by atoms with E-state index in [2.05, 4.69) is 0 Å². The molecule has 2 aromatic rings. The number of esters is 1. The zero-order valence-corrected chi connectivity index (χ0v) is 11.2. The van der Waals surface area contributed by atoms with Gasteiger partial charge in [0.2, 0.25) is 0 Å². The molecule has 20 heavy (non-hydrogen) atoms. The Balaban J connectivity index is 2.33. The van der Waals surface area contributed by atoms with E-state index in [0.29, 0.717) is 11.1 Å². The Hall–Kier alpha value is -2.39. The molecule has 2 rings (SSSR count). The monoisotopic (exact) mass is 286 g/mol. The first-order valence-electron chi connectivity index (χ1n) is 5.89. The normalized spacial score (nSPS) is 10.4. The van der Waals surface area contributed by atoms with Crippen LogP contribution >= 0.6 is 11.6 Å². The molecule has 0 saturated heterocycles. The Labute approximate surface area is 121 Å². The second-order valence-corrected chi connectivity index (χ2v) is 4.16. The molecule has 0 aliphatic heterocycles. The van der Waals surface area contributed by atoms with Gasteiger partial charge in [0.25, 0.3) is 0 Å². The van der Waals surface area contributed by atoms with Gasteiger partial charge in [0.05, 0.1) is 5.56 Å². The number of halogens is 1. The van der Waals surface area contributed by atoms with E-state index < -0.39 is 5.97 Å². The van der Waals surface area contributed by atoms with Gasteiger partial charge >= 0.3 is 5.97 Å². The lowest BCUT2D eigenvalue weighted by Crippen LogP contribution is -2.09. The van der Waals surface area contributed by atoms with Crippen LogP contribution < -0.4 is 4.74 Å². The maximum absolute atomic E-state index is 12.4. The van der Waals surface area contributed by atoms with Gasteiger partial charge in [0.15, 0.2) is 5.78 Å². The van der Waals surface area contributed by atoms with Crippen molar-refractivity contribution in [2.45, 2.75) is 0 Å². The van der Waals surface area contributed by atoms with Crippen molar-refractivity contribution in [1.82, 2.24) is 0 Å². The third kappa shape index (κ3) is 3.33. The van der Waals surface area contributed by atoms with Crippen LogP contribution in [-0.2, 0) is 4.79 Å². The molecule has 0 fully saturated rings. The van der Waals surface area contributed by atoms with Crippen molar-refractivity contribution in [3.63, 3.8) is 0 Å². The summed E-state index contributed by atoms with van der Waals surface area (Å²) in [6, 6.07) is 15.4. The van der Waals surface area contributed by atoms with Gasteiger partial charge in [-0.15, -0.1) is 0 Å². The van der Waals surface area contributed by atoms with Crippen LogP contribution in [0.2, 0.25) is 0 Å². The first-order chi connectivity index (χ1) is 9.72. The molecule has 0 aliphatic rings. The van der Waals surface area contributed by atoms with Crippen molar-refractivity contribution in [2.75, 3.05) is 0 Å². The number of ketones is 1. The Morgan fingerprint density at radius 2 is 1.60 bits per heavy atom. The smallest absolute Gasteiger partial charge is 0.337 e. The Kier molecular flexibility index (Phi) is 4.69. The molecule has 0 radical (unpaired) electrons.